The lowest BCUT2D eigenvalue weighted by Crippen LogP contribution is -2.61. The molecule has 5 nitrogen and oxygen atoms in total. The lowest BCUT2D eigenvalue weighted by Gasteiger charge is -2.47. The summed E-state index contributed by atoms with van der Waals surface area (Å²) in [6.07, 6.45) is 0. The van der Waals surface area contributed by atoms with Crippen molar-refractivity contribution in [1.82, 2.24) is 9.13 Å². The first-order chi connectivity index (χ1) is 64.2. The molecule has 3 aliphatic heterocycles. The summed E-state index contributed by atoms with van der Waals surface area (Å²) in [5.41, 5.74) is 20.9. The quantitative estimate of drug-likeness (QED) is 0.127. The van der Waals surface area contributed by atoms with Crippen LogP contribution in [0.1, 0.15) is 150 Å². The van der Waals surface area contributed by atoms with Crippen LogP contribution in [-0.4, -0.2) is 15.8 Å². The second-order valence-corrected chi connectivity index (χ2v) is 36.1. The smallest absolute Gasteiger partial charge is 0.252 e. The number of rotatable bonds is 10. The van der Waals surface area contributed by atoms with E-state index < -0.39 is 109 Å². The fourth-order valence-corrected chi connectivity index (χ4v) is 18.9. The van der Waals surface area contributed by atoms with Crippen LogP contribution in [-0.2, 0) is 27.1 Å². The molecule has 21 rings (SSSR count). The Morgan fingerprint density at radius 1 is 0.261 bits per heavy atom. The van der Waals surface area contributed by atoms with Crippen LogP contribution in [0.3, 0.4) is 0 Å². The predicted octanol–water partition coefficient (Wildman–Crippen LogP) is 28.3. The van der Waals surface area contributed by atoms with Gasteiger partial charge in [-0.05, 0) is 208 Å². The topological polar surface area (TPSA) is 19.6 Å². The Bertz CT molecular complexity index is 7530. The van der Waals surface area contributed by atoms with E-state index in [4.69, 9.17) is 0 Å². The molecule has 3 aliphatic rings. The van der Waals surface area contributed by atoms with Crippen molar-refractivity contribution in [3.05, 3.63) is 408 Å². The Kier molecular flexibility index (Phi) is 13.2. The minimum absolute atomic E-state index is 0.0559. The SMILES string of the molecule is [2H]c1c([2H])c([2H])c2c(c1[2H])c1c([2H])c([2H])c([2H])c([2H])c1n2-c1ccc2c(c1)N(c1ccccc1-c1cc(C(C)(C)C)cc(C(C)(C)C)c1)c1cc(-c3ccc4c(c3)C(c3ccccc3)(c3ccccc3)c3ccccc3N4c3ccccc3)cc3c1B2c1ccc(-n2c4c([2H])c([2H])c([2H])c([2H])c4c4c([2H])c([2H])c([2H])c([2H])c42)cc1N3c1ccccc1-c1cc(C(C)(C)C)cc(C(C)(C)C)c1. The van der Waals surface area contributed by atoms with E-state index >= 15 is 0 Å². The van der Waals surface area contributed by atoms with E-state index in [1.807, 2.05) is 54.6 Å². The fraction of sp³-hybridized carbons (Fsp3) is 0.150. The van der Waals surface area contributed by atoms with Crippen molar-refractivity contribution < 1.29 is 21.9 Å². The van der Waals surface area contributed by atoms with Gasteiger partial charge in [0.25, 0.3) is 6.71 Å². The summed E-state index contributed by atoms with van der Waals surface area (Å²) in [6, 6.07) is 86.1. The Hall–Kier alpha value is -13.4. The number of hydrogen-bond donors (Lipinski definition) is 0. The third-order valence-electron chi connectivity index (χ3n) is 24.8. The summed E-state index contributed by atoms with van der Waals surface area (Å²) in [5, 5.41) is -0.309. The second kappa shape index (κ2) is 27.3. The molecule has 0 saturated heterocycles. The molecule has 0 spiro atoms. The summed E-state index contributed by atoms with van der Waals surface area (Å²) < 4.78 is 157. The highest BCUT2D eigenvalue weighted by Crippen LogP contribution is 2.60. The van der Waals surface area contributed by atoms with Gasteiger partial charge < -0.3 is 23.8 Å². The van der Waals surface area contributed by atoms with Gasteiger partial charge in [0, 0.05) is 72.5 Å². The highest BCUT2D eigenvalue weighted by molar-refractivity contribution is 7.00. The van der Waals surface area contributed by atoms with E-state index in [1.54, 1.807) is 9.13 Å². The Labute approximate surface area is 723 Å². The maximum Gasteiger partial charge on any atom is 0.252 e. The maximum atomic E-state index is 10.0. The van der Waals surface area contributed by atoms with Gasteiger partial charge in [0.15, 0.2) is 0 Å². The van der Waals surface area contributed by atoms with E-state index in [9.17, 15) is 21.9 Å². The number of hydrogen-bond acceptors (Lipinski definition) is 3. The average Bonchev–Trinajstić information content (AvgIpc) is 1.64. The molecular weight excluding hydrogens is 1440 g/mol. The molecule has 0 bridgehead atoms. The van der Waals surface area contributed by atoms with E-state index in [1.165, 1.54) is 0 Å². The molecule has 5 heterocycles. The monoisotopic (exact) mass is 1550 g/mol. The first-order valence-corrected chi connectivity index (χ1v) is 41.0. The minimum atomic E-state index is -0.999. The number of fused-ring (bicyclic) bond motifs is 12. The molecule has 6 heteroatoms. The van der Waals surface area contributed by atoms with Crippen LogP contribution in [0.4, 0.5) is 51.2 Å². The molecule has 0 saturated carbocycles. The van der Waals surface area contributed by atoms with Gasteiger partial charge in [-0.2, -0.15) is 0 Å². The molecule has 0 radical (unpaired) electrons. The van der Waals surface area contributed by atoms with Crippen molar-refractivity contribution >= 4 is 118 Å². The average molecular weight is 1550 g/mol. The third kappa shape index (κ3) is 11.7. The van der Waals surface area contributed by atoms with Crippen molar-refractivity contribution in [3.8, 4) is 44.8 Å². The maximum absolute atomic E-state index is 10.0. The highest BCUT2D eigenvalue weighted by Gasteiger charge is 2.49. The molecule has 0 fully saturated rings. The molecule has 0 atom stereocenters. The molecule has 576 valence electrons. The summed E-state index contributed by atoms with van der Waals surface area (Å²) in [4.78, 5) is 7.00. The number of para-hydroxylation sites is 8. The Morgan fingerprint density at radius 3 is 1.03 bits per heavy atom. The van der Waals surface area contributed by atoms with Gasteiger partial charge in [0.2, 0.25) is 0 Å². The zero-order chi connectivity index (χ0) is 95.1. The van der Waals surface area contributed by atoms with Crippen molar-refractivity contribution in [2.24, 2.45) is 0 Å². The summed E-state index contributed by atoms with van der Waals surface area (Å²) in [7, 11) is 0. The first-order valence-electron chi connectivity index (χ1n) is 49.0. The second-order valence-electron chi connectivity index (χ2n) is 36.1. The lowest BCUT2D eigenvalue weighted by molar-refractivity contribution is 0.568. The molecule has 2 aromatic heterocycles. The fourth-order valence-electron chi connectivity index (χ4n) is 18.9. The molecule has 0 unspecified atom stereocenters. The number of aromatic nitrogens is 2. The van der Waals surface area contributed by atoms with Crippen molar-refractivity contribution in [2.75, 3.05) is 14.7 Å². The normalized spacial score (nSPS) is 15.6. The zero-order valence-corrected chi connectivity index (χ0v) is 68.7. The van der Waals surface area contributed by atoms with Crippen molar-refractivity contribution in [2.45, 2.75) is 110 Å². The zero-order valence-electron chi connectivity index (χ0n) is 84.7. The largest absolute Gasteiger partial charge is 0.311 e. The molecule has 119 heavy (non-hydrogen) atoms. The van der Waals surface area contributed by atoms with E-state index in [-0.39, 0.29) is 65.3 Å². The van der Waals surface area contributed by atoms with Crippen LogP contribution in [0, 0.1) is 0 Å². The van der Waals surface area contributed by atoms with Crippen LogP contribution < -0.4 is 31.1 Å². The number of anilines is 9. The third-order valence-corrected chi connectivity index (χ3v) is 24.8. The lowest BCUT2D eigenvalue weighted by atomic mass is 9.33. The molecule has 18 aromatic rings. The van der Waals surface area contributed by atoms with Gasteiger partial charge in [-0.1, -0.05) is 344 Å². The molecule has 0 N–H and O–H groups in total. The molecule has 16 aromatic carbocycles. The van der Waals surface area contributed by atoms with Gasteiger partial charge >= 0.3 is 0 Å². The van der Waals surface area contributed by atoms with Gasteiger partial charge in [-0.3, -0.25) is 0 Å². The Morgan fingerprint density at radius 2 is 0.622 bits per heavy atom. The molecule has 0 amide bonds. The first kappa shape index (κ1) is 57.6. The Balaban J connectivity index is 0.971. The minimum Gasteiger partial charge on any atom is -0.311 e. The standard InChI is InChI=1S/C113H96BN5/c1-109(2,3)79-62-75(63-80(69-79)110(4,5)6)86-42-22-29-49-96(86)118-104-71-84(116-98-51-31-24-44-88(98)89-45-25-32-52-99(89)116)57-59-94(104)114-95-60-58-85(117-100-53-33-26-46-90(100)91-47-27-34-54-101(91)117)72-105(95)119(97-50-30-23-43-87(97)76-64-81(111(7,8)9)70-82(65-76)112(10,11)12)107-68-74(67-106(118)108(107)114)73-56-61-103-93(66-73)113(77-36-16-13-17-37-77,78-38-18-14-19-39-78)92-48-28-35-55-102(92)115(103)83-40-20-15-21-41-83/h13-72H,1-12H3/i24D,25D,26D,27D,31D,32D,33D,34D,44D,45D,46D,47D,51D,52D,53D,54D. The highest BCUT2D eigenvalue weighted by atomic mass is 15.2. The van der Waals surface area contributed by atoms with Gasteiger partial charge in [0.1, 0.15) is 0 Å². The summed E-state index contributed by atoms with van der Waals surface area (Å²) in [6.45, 7) is 25.9. The van der Waals surface area contributed by atoms with Gasteiger partial charge in [-0.25, -0.2) is 0 Å². The molecule has 0 aliphatic carbocycles. The van der Waals surface area contributed by atoms with Crippen LogP contribution in [0.25, 0.3) is 88.4 Å². The van der Waals surface area contributed by atoms with Crippen molar-refractivity contribution in [1.29, 1.82) is 0 Å². The van der Waals surface area contributed by atoms with Crippen LogP contribution in [0.5, 0.6) is 0 Å². The predicted molar refractivity (Wildman–Crippen MR) is 507 cm³/mol. The van der Waals surface area contributed by atoms with Gasteiger partial charge in [-0.15, -0.1) is 0 Å². The van der Waals surface area contributed by atoms with Crippen LogP contribution in [0.2, 0.25) is 0 Å². The van der Waals surface area contributed by atoms with Crippen LogP contribution >= 0.6 is 0 Å². The van der Waals surface area contributed by atoms with E-state index in [2.05, 4.69) is 310 Å². The summed E-state index contributed by atoms with van der Waals surface area (Å²) in [5.74, 6) is 0. The van der Waals surface area contributed by atoms with Crippen LogP contribution in [0.15, 0.2) is 364 Å². The number of nitrogens with zero attached hydrogens (tertiary/aromatic N) is 5. The summed E-state index contributed by atoms with van der Waals surface area (Å²) >= 11 is 0. The molecular formula is C113H96BN5. The van der Waals surface area contributed by atoms with E-state index in [0.717, 1.165) is 123 Å². The van der Waals surface area contributed by atoms with Gasteiger partial charge in [0.05, 0.1) is 72.2 Å². The van der Waals surface area contributed by atoms with Crippen molar-refractivity contribution in [3.63, 3.8) is 0 Å². The van der Waals surface area contributed by atoms with E-state index in [0.29, 0.717) is 34.1 Å². The number of benzene rings is 16.